The van der Waals surface area contributed by atoms with E-state index in [1.165, 1.54) is 0 Å². The smallest absolute Gasteiger partial charge is 0.224 e. The number of methoxy groups -OCH3 is 1. The first-order chi connectivity index (χ1) is 10.2. The van der Waals surface area contributed by atoms with Gasteiger partial charge in [0.25, 0.3) is 0 Å². The van der Waals surface area contributed by atoms with Crippen molar-refractivity contribution >= 4 is 11.8 Å². The lowest BCUT2D eigenvalue weighted by molar-refractivity contribution is -0.127. The van der Waals surface area contributed by atoms with E-state index in [4.69, 9.17) is 4.74 Å². The Balaban J connectivity index is 1.66. The number of carbonyl (C=O) groups is 2. The third kappa shape index (κ3) is 4.77. The molecule has 0 bridgehead atoms. The predicted molar refractivity (Wildman–Crippen MR) is 80.1 cm³/mol. The largest absolute Gasteiger partial charge is 0.497 e. The molecular weight excluding hydrogens is 268 g/mol. The van der Waals surface area contributed by atoms with Crippen LogP contribution in [0.1, 0.15) is 24.8 Å². The molecule has 5 heteroatoms. The van der Waals surface area contributed by atoms with Crippen molar-refractivity contribution in [2.24, 2.45) is 0 Å². The standard InChI is InChI=1S/C16H22N2O3/c1-21-14-6-2-5-13(11-14)12-15(19)17-8-4-10-18-9-3-7-16(18)20/h2,5-6,11H,3-4,7-10,12H2,1H3,(H,17,19). The van der Waals surface area contributed by atoms with Crippen LogP contribution in [0.5, 0.6) is 5.75 Å². The minimum atomic E-state index is -0.00370. The Hall–Kier alpha value is -2.04. The molecule has 1 aromatic rings. The fourth-order valence-electron chi connectivity index (χ4n) is 2.47. The molecule has 1 saturated heterocycles. The number of nitrogens with one attached hydrogen (secondary N) is 1. The van der Waals surface area contributed by atoms with Gasteiger partial charge in [-0.15, -0.1) is 0 Å². The first kappa shape index (κ1) is 15.4. The minimum Gasteiger partial charge on any atom is -0.497 e. The number of nitrogens with zero attached hydrogens (tertiary/aromatic N) is 1. The highest BCUT2D eigenvalue weighted by Gasteiger charge is 2.18. The summed E-state index contributed by atoms with van der Waals surface area (Å²) in [5.41, 5.74) is 0.932. The van der Waals surface area contributed by atoms with Crippen LogP contribution in [-0.2, 0) is 16.0 Å². The molecule has 0 saturated carbocycles. The Bertz CT molecular complexity index is 502. The zero-order chi connectivity index (χ0) is 15.1. The van der Waals surface area contributed by atoms with Crippen molar-refractivity contribution in [2.75, 3.05) is 26.7 Å². The summed E-state index contributed by atoms with van der Waals surface area (Å²) in [7, 11) is 1.61. The van der Waals surface area contributed by atoms with Crippen LogP contribution in [0.4, 0.5) is 0 Å². The molecule has 114 valence electrons. The summed E-state index contributed by atoms with van der Waals surface area (Å²) in [5.74, 6) is 0.988. The van der Waals surface area contributed by atoms with Gasteiger partial charge in [0.05, 0.1) is 13.5 Å². The minimum absolute atomic E-state index is 0.00370. The fourth-order valence-corrected chi connectivity index (χ4v) is 2.47. The second-order valence-corrected chi connectivity index (χ2v) is 5.22. The van der Waals surface area contributed by atoms with E-state index in [0.717, 1.165) is 37.2 Å². The van der Waals surface area contributed by atoms with Crippen molar-refractivity contribution in [3.05, 3.63) is 29.8 Å². The molecule has 0 radical (unpaired) electrons. The monoisotopic (exact) mass is 290 g/mol. The van der Waals surface area contributed by atoms with Crippen LogP contribution < -0.4 is 10.1 Å². The molecule has 2 amide bonds. The summed E-state index contributed by atoms with van der Waals surface area (Å²) in [6.45, 7) is 2.20. The highest BCUT2D eigenvalue weighted by atomic mass is 16.5. The molecule has 1 aliphatic rings. The zero-order valence-electron chi connectivity index (χ0n) is 12.4. The first-order valence-electron chi connectivity index (χ1n) is 7.36. The van der Waals surface area contributed by atoms with Crippen molar-refractivity contribution in [2.45, 2.75) is 25.7 Å². The summed E-state index contributed by atoms with van der Waals surface area (Å²) in [5, 5.41) is 2.89. The molecule has 5 nitrogen and oxygen atoms in total. The normalized spacial score (nSPS) is 14.3. The second-order valence-electron chi connectivity index (χ2n) is 5.22. The lowest BCUT2D eigenvalue weighted by Crippen LogP contribution is -2.31. The van der Waals surface area contributed by atoms with Gasteiger partial charge in [-0.05, 0) is 30.5 Å². The number of amides is 2. The van der Waals surface area contributed by atoms with E-state index in [9.17, 15) is 9.59 Å². The van der Waals surface area contributed by atoms with Crippen molar-refractivity contribution in [1.29, 1.82) is 0 Å². The van der Waals surface area contributed by atoms with E-state index in [2.05, 4.69) is 5.32 Å². The predicted octanol–water partition coefficient (Wildman–Crippen LogP) is 1.37. The van der Waals surface area contributed by atoms with E-state index in [1.807, 2.05) is 29.2 Å². The Morgan fingerprint density at radius 1 is 1.43 bits per heavy atom. The third-order valence-electron chi connectivity index (χ3n) is 3.60. The van der Waals surface area contributed by atoms with Gasteiger partial charge in [-0.2, -0.15) is 0 Å². The van der Waals surface area contributed by atoms with Gasteiger partial charge in [0.2, 0.25) is 11.8 Å². The highest BCUT2D eigenvalue weighted by Crippen LogP contribution is 2.13. The van der Waals surface area contributed by atoms with Gasteiger partial charge in [0, 0.05) is 26.1 Å². The fraction of sp³-hybridized carbons (Fsp3) is 0.500. The van der Waals surface area contributed by atoms with E-state index in [0.29, 0.717) is 19.4 Å². The van der Waals surface area contributed by atoms with Gasteiger partial charge in [0.15, 0.2) is 0 Å². The molecule has 1 heterocycles. The Kier molecular flexibility index (Phi) is 5.60. The van der Waals surface area contributed by atoms with Crippen molar-refractivity contribution in [3.8, 4) is 5.75 Å². The average molecular weight is 290 g/mol. The quantitative estimate of drug-likeness (QED) is 0.772. The summed E-state index contributed by atoms with van der Waals surface area (Å²) in [6.07, 6.45) is 2.78. The maximum atomic E-state index is 11.8. The van der Waals surface area contributed by atoms with Gasteiger partial charge >= 0.3 is 0 Å². The number of carbonyl (C=O) groups excluding carboxylic acids is 2. The van der Waals surface area contributed by atoms with Crippen LogP contribution >= 0.6 is 0 Å². The van der Waals surface area contributed by atoms with Crippen molar-refractivity contribution in [3.63, 3.8) is 0 Å². The van der Waals surface area contributed by atoms with Gasteiger partial charge in [-0.25, -0.2) is 0 Å². The Morgan fingerprint density at radius 2 is 2.29 bits per heavy atom. The molecule has 1 aliphatic heterocycles. The maximum Gasteiger partial charge on any atom is 0.224 e. The summed E-state index contributed by atoms with van der Waals surface area (Å²) in [6, 6.07) is 7.50. The Labute approximate surface area is 125 Å². The van der Waals surface area contributed by atoms with Crippen molar-refractivity contribution in [1.82, 2.24) is 10.2 Å². The van der Waals surface area contributed by atoms with Crippen LogP contribution in [-0.4, -0.2) is 43.5 Å². The number of benzene rings is 1. The molecule has 1 fully saturated rings. The van der Waals surface area contributed by atoms with Crippen LogP contribution in [0.2, 0.25) is 0 Å². The van der Waals surface area contributed by atoms with Crippen LogP contribution in [0.25, 0.3) is 0 Å². The van der Waals surface area contributed by atoms with E-state index >= 15 is 0 Å². The molecule has 0 aliphatic carbocycles. The molecule has 0 atom stereocenters. The molecule has 2 rings (SSSR count). The lowest BCUT2D eigenvalue weighted by Gasteiger charge is -2.15. The molecule has 21 heavy (non-hydrogen) atoms. The number of rotatable bonds is 7. The van der Waals surface area contributed by atoms with Gasteiger partial charge in [-0.1, -0.05) is 12.1 Å². The molecular formula is C16H22N2O3. The topological polar surface area (TPSA) is 58.6 Å². The van der Waals surface area contributed by atoms with E-state index in [1.54, 1.807) is 7.11 Å². The SMILES string of the molecule is COc1cccc(CC(=O)NCCCN2CCCC2=O)c1. The highest BCUT2D eigenvalue weighted by molar-refractivity contribution is 5.79. The van der Waals surface area contributed by atoms with Gasteiger partial charge < -0.3 is 15.0 Å². The summed E-state index contributed by atoms with van der Waals surface area (Å²) >= 11 is 0. The third-order valence-corrected chi connectivity index (χ3v) is 3.60. The molecule has 1 aromatic carbocycles. The molecule has 0 unspecified atom stereocenters. The lowest BCUT2D eigenvalue weighted by atomic mass is 10.1. The van der Waals surface area contributed by atoms with Crippen LogP contribution in [0, 0.1) is 0 Å². The average Bonchev–Trinajstić information content (AvgIpc) is 2.89. The van der Waals surface area contributed by atoms with Crippen molar-refractivity contribution < 1.29 is 14.3 Å². The van der Waals surface area contributed by atoms with E-state index < -0.39 is 0 Å². The molecule has 0 aromatic heterocycles. The summed E-state index contributed by atoms with van der Waals surface area (Å²) in [4.78, 5) is 25.1. The Morgan fingerprint density at radius 3 is 3.00 bits per heavy atom. The van der Waals surface area contributed by atoms with Crippen LogP contribution in [0.3, 0.4) is 0 Å². The number of hydrogen-bond donors (Lipinski definition) is 1. The molecule has 0 spiro atoms. The molecule has 1 N–H and O–H groups in total. The van der Waals surface area contributed by atoms with Gasteiger partial charge in [0.1, 0.15) is 5.75 Å². The number of ether oxygens (including phenoxy) is 1. The number of likely N-dealkylation sites (tertiary alicyclic amines) is 1. The summed E-state index contributed by atoms with van der Waals surface area (Å²) < 4.78 is 5.13. The zero-order valence-corrected chi connectivity index (χ0v) is 12.4. The maximum absolute atomic E-state index is 11.8. The first-order valence-corrected chi connectivity index (χ1v) is 7.36. The van der Waals surface area contributed by atoms with E-state index in [-0.39, 0.29) is 11.8 Å². The van der Waals surface area contributed by atoms with Gasteiger partial charge in [-0.3, -0.25) is 9.59 Å². The number of hydrogen-bond acceptors (Lipinski definition) is 3. The second kappa shape index (κ2) is 7.67. The van der Waals surface area contributed by atoms with Crippen LogP contribution in [0.15, 0.2) is 24.3 Å².